The Morgan fingerprint density at radius 3 is 2.49 bits per heavy atom. The Kier molecular flexibility index (Phi) is 7.53. The number of nitrogens with zero attached hydrogens (tertiary/aromatic N) is 3. The Labute approximate surface area is 205 Å². The fourth-order valence-electron chi connectivity index (χ4n) is 4.26. The van der Waals surface area contributed by atoms with E-state index in [2.05, 4.69) is 39.5 Å². The van der Waals surface area contributed by atoms with Crippen LogP contribution in [0.5, 0.6) is 5.75 Å². The number of aromatic nitrogens is 2. The van der Waals surface area contributed by atoms with Crippen molar-refractivity contribution < 1.29 is 18.9 Å². The molecule has 2 aliphatic rings. The SMILES string of the molecule is COc1ccc2cc1COCC=CCOCc1cc(ccc1N1CCOCC1)Nc1nccc-2n1. The predicted octanol–water partition coefficient (Wildman–Crippen LogP) is 4.34. The summed E-state index contributed by atoms with van der Waals surface area (Å²) >= 11 is 0. The number of hydrogen-bond donors (Lipinski definition) is 1. The number of fused-ring (bicyclic) bond motifs is 7. The van der Waals surface area contributed by atoms with Gasteiger partial charge in [0.05, 0.1) is 52.4 Å². The van der Waals surface area contributed by atoms with Crippen molar-refractivity contribution in [3.8, 4) is 17.0 Å². The van der Waals surface area contributed by atoms with Crippen LogP contribution in [0.15, 0.2) is 60.8 Å². The Morgan fingerprint density at radius 2 is 1.69 bits per heavy atom. The zero-order valence-corrected chi connectivity index (χ0v) is 19.9. The maximum atomic E-state index is 5.99. The van der Waals surface area contributed by atoms with Crippen molar-refractivity contribution in [2.75, 3.05) is 56.8 Å². The highest BCUT2D eigenvalue weighted by atomic mass is 16.5. The van der Waals surface area contributed by atoms with Crippen LogP contribution in [0, 0.1) is 0 Å². The first-order valence-corrected chi connectivity index (χ1v) is 11.8. The highest BCUT2D eigenvalue weighted by Crippen LogP contribution is 2.29. The molecule has 1 fully saturated rings. The van der Waals surface area contributed by atoms with Gasteiger partial charge in [-0.15, -0.1) is 0 Å². The first-order chi connectivity index (χ1) is 17.3. The molecule has 0 amide bonds. The van der Waals surface area contributed by atoms with Gasteiger partial charge in [-0.1, -0.05) is 12.2 Å². The van der Waals surface area contributed by atoms with E-state index in [1.54, 1.807) is 13.3 Å². The van der Waals surface area contributed by atoms with E-state index >= 15 is 0 Å². The number of methoxy groups -OCH3 is 1. The van der Waals surface area contributed by atoms with Crippen molar-refractivity contribution in [2.24, 2.45) is 0 Å². The van der Waals surface area contributed by atoms with E-state index in [4.69, 9.17) is 23.9 Å². The Morgan fingerprint density at radius 1 is 0.886 bits per heavy atom. The number of morpholine rings is 1. The maximum Gasteiger partial charge on any atom is 0.227 e. The smallest absolute Gasteiger partial charge is 0.227 e. The molecule has 0 aliphatic carbocycles. The third-order valence-electron chi connectivity index (χ3n) is 6.03. The van der Waals surface area contributed by atoms with Crippen LogP contribution in [0.2, 0.25) is 0 Å². The molecule has 0 atom stereocenters. The molecule has 5 rings (SSSR count). The number of hydrogen-bond acceptors (Lipinski definition) is 8. The average Bonchev–Trinajstić information content (AvgIpc) is 2.90. The van der Waals surface area contributed by atoms with Crippen molar-refractivity contribution >= 4 is 17.3 Å². The minimum atomic E-state index is 0.436. The van der Waals surface area contributed by atoms with E-state index in [1.807, 2.05) is 30.4 Å². The van der Waals surface area contributed by atoms with E-state index < -0.39 is 0 Å². The second-order valence-corrected chi connectivity index (χ2v) is 8.36. The topological polar surface area (TPSA) is 78.0 Å². The quantitative estimate of drug-likeness (QED) is 0.550. The molecule has 0 saturated carbocycles. The van der Waals surface area contributed by atoms with Crippen molar-refractivity contribution in [1.82, 2.24) is 9.97 Å². The van der Waals surface area contributed by atoms with Crippen LogP contribution in [-0.2, 0) is 27.4 Å². The standard InChI is InChI=1S/C27H30N4O4/c1-32-26-7-4-20-16-22(26)19-35-13-3-2-12-34-18-21-17-23(29-27-28-9-8-24(20)30-27)5-6-25(21)31-10-14-33-15-11-31/h2-9,16-17H,10-15,18-19H2,1H3,(H,28,29,30). The summed E-state index contributed by atoms with van der Waals surface area (Å²) in [6.45, 7) is 5.13. The molecule has 0 radical (unpaired) electrons. The molecule has 1 aromatic heterocycles. The van der Waals surface area contributed by atoms with Crippen LogP contribution in [-0.4, -0.2) is 56.6 Å². The Balaban J connectivity index is 1.48. The van der Waals surface area contributed by atoms with Crippen LogP contribution >= 0.6 is 0 Å². The summed E-state index contributed by atoms with van der Waals surface area (Å²) in [4.78, 5) is 11.5. The second kappa shape index (κ2) is 11.3. The van der Waals surface area contributed by atoms with E-state index in [0.29, 0.717) is 32.4 Å². The summed E-state index contributed by atoms with van der Waals surface area (Å²) < 4.78 is 22.9. The summed E-state index contributed by atoms with van der Waals surface area (Å²) in [7, 11) is 1.67. The molecule has 182 valence electrons. The highest BCUT2D eigenvalue weighted by Gasteiger charge is 2.16. The number of anilines is 3. The molecule has 8 nitrogen and oxygen atoms in total. The molecule has 2 aliphatic heterocycles. The van der Waals surface area contributed by atoms with Crippen molar-refractivity contribution in [2.45, 2.75) is 13.2 Å². The van der Waals surface area contributed by atoms with Gasteiger partial charge in [0.15, 0.2) is 0 Å². The van der Waals surface area contributed by atoms with E-state index in [-0.39, 0.29) is 0 Å². The number of benzene rings is 2. The van der Waals surface area contributed by atoms with Crippen LogP contribution in [0.4, 0.5) is 17.3 Å². The minimum Gasteiger partial charge on any atom is -0.496 e. The van der Waals surface area contributed by atoms with Gasteiger partial charge in [0.25, 0.3) is 0 Å². The van der Waals surface area contributed by atoms with Gasteiger partial charge in [0, 0.05) is 47.4 Å². The molecule has 1 saturated heterocycles. The molecule has 0 spiro atoms. The van der Waals surface area contributed by atoms with Crippen LogP contribution in [0.3, 0.4) is 0 Å². The summed E-state index contributed by atoms with van der Waals surface area (Å²) in [5.74, 6) is 1.32. The van der Waals surface area contributed by atoms with Crippen LogP contribution < -0.4 is 15.0 Å². The third-order valence-corrected chi connectivity index (χ3v) is 6.03. The average molecular weight is 475 g/mol. The lowest BCUT2D eigenvalue weighted by molar-refractivity contribution is 0.121. The Hall–Kier alpha value is -3.46. The third kappa shape index (κ3) is 5.79. The van der Waals surface area contributed by atoms with Gasteiger partial charge in [0.1, 0.15) is 5.75 Å². The molecule has 3 heterocycles. The lowest BCUT2D eigenvalue weighted by atomic mass is 10.1. The zero-order valence-electron chi connectivity index (χ0n) is 19.9. The van der Waals surface area contributed by atoms with Crippen molar-refractivity contribution in [1.29, 1.82) is 0 Å². The molecule has 8 heteroatoms. The number of nitrogens with one attached hydrogen (secondary N) is 1. The lowest BCUT2D eigenvalue weighted by Gasteiger charge is -2.31. The molecule has 2 aromatic carbocycles. The van der Waals surface area contributed by atoms with Gasteiger partial charge in [-0.3, -0.25) is 0 Å². The minimum absolute atomic E-state index is 0.436. The number of ether oxygens (including phenoxy) is 4. The molecular weight excluding hydrogens is 444 g/mol. The van der Waals surface area contributed by atoms with Crippen molar-refractivity contribution in [3.63, 3.8) is 0 Å². The van der Waals surface area contributed by atoms with Crippen LogP contribution in [0.1, 0.15) is 11.1 Å². The van der Waals surface area contributed by atoms with E-state index in [9.17, 15) is 0 Å². The van der Waals surface area contributed by atoms with Gasteiger partial charge < -0.3 is 29.2 Å². The molecular formula is C27H30N4O4. The molecule has 3 aromatic rings. The maximum absolute atomic E-state index is 5.99. The van der Waals surface area contributed by atoms with Gasteiger partial charge in [0.2, 0.25) is 5.95 Å². The normalized spacial score (nSPS) is 16.7. The van der Waals surface area contributed by atoms with Gasteiger partial charge >= 0.3 is 0 Å². The lowest BCUT2D eigenvalue weighted by Crippen LogP contribution is -2.36. The predicted molar refractivity (Wildman–Crippen MR) is 135 cm³/mol. The Bertz CT molecular complexity index is 1180. The highest BCUT2D eigenvalue weighted by molar-refractivity contribution is 5.66. The largest absolute Gasteiger partial charge is 0.496 e. The van der Waals surface area contributed by atoms with Crippen LogP contribution in [0.25, 0.3) is 11.3 Å². The second-order valence-electron chi connectivity index (χ2n) is 8.36. The molecule has 0 unspecified atom stereocenters. The summed E-state index contributed by atoms with van der Waals surface area (Å²) in [6, 6.07) is 14.2. The first-order valence-electron chi connectivity index (χ1n) is 11.8. The molecule has 1 N–H and O–H groups in total. The fourth-order valence-corrected chi connectivity index (χ4v) is 4.26. The van der Waals surface area contributed by atoms with E-state index in [0.717, 1.165) is 60.1 Å². The first kappa shape index (κ1) is 23.3. The van der Waals surface area contributed by atoms with Gasteiger partial charge in [-0.25, -0.2) is 9.97 Å². The monoisotopic (exact) mass is 474 g/mol. The summed E-state index contributed by atoms with van der Waals surface area (Å²) in [6.07, 6.45) is 5.74. The number of rotatable bonds is 2. The molecule has 35 heavy (non-hydrogen) atoms. The van der Waals surface area contributed by atoms with E-state index in [1.165, 1.54) is 5.69 Å². The van der Waals surface area contributed by atoms with Gasteiger partial charge in [-0.2, -0.15) is 0 Å². The van der Waals surface area contributed by atoms with Gasteiger partial charge in [-0.05, 0) is 42.5 Å². The fraction of sp³-hybridized carbons (Fsp3) is 0.333. The zero-order chi connectivity index (χ0) is 23.9. The summed E-state index contributed by atoms with van der Waals surface area (Å²) in [5, 5.41) is 3.36. The molecule has 6 bridgehead atoms. The van der Waals surface area contributed by atoms with Crippen molar-refractivity contribution in [3.05, 3.63) is 71.9 Å². The summed E-state index contributed by atoms with van der Waals surface area (Å²) in [5.41, 5.74) is 5.95.